The van der Waals surface area contributed by atoms with Crippen molar-refractivity contribution in [2.45, 2.75) is 45.1 Å². The van der Waals surface area contributed by atoms with E-state index >= 15 is 0 Å². The number of anilines is 1. The van der Waals surface area contributed by atoms with Gasteiger partial charge in [-0.3, -0.25) is 10.1 Å². The molecule has 0 bridgehead atoms. The number of hydrogen-bond acceptors (Lipinski definition) is 5. The summed E-state index contributed by atoms with van der Waals surface area (Å²) in [6, 6.07) is 13.2. The van der Waals surface area contributed by atoms with Gasteiger partial charge in [-0.05, 0) is 48.1 Å². The largest absolute Gasteiger partial charge is 0.454 e. The molecule has 2 heterocycles. The molecule has 1 amide bonds. The van der Waals surface area contributed by atoms with E-state index in [-0.39, 0.29) is 24.2 Å². The molecule has 0 aliphatic carbocycles. The van der Waals surface area contributed by atoms with Gasteiger partial charge in [-0.25, -0.2) is 4.99 Å². The number of fused-ring (bicyclic) bond motifs is 1. The maximum Gasteiger partial charge on any atom is 0.257 e. The summed E-state index contributed by atoms with van der Waals surface area (Å²) in [5.74, 6) is 1.51. The second-order valence-electron chi connectivity index (χ2n) is 8.80. The normalized spacial score (nSPS) is 18.2. The molecule has 0 aromatic heterocycles. The van der Waals surface area contributed by atoms with E-state index in [2.05, 4.69) is 36.4 Å². The third-order valence-electron chi connectivity index (χ3n) is 5.36. The Labute approximate surface area is 182 Å². The first-order valence-electron chi connectivity index (χ1n) is 10.6. The lowest BCUT2D eigenvalue weighted by molar-refractivity contribution is 0.0975. The Balaban J connectivity index is 1.49. The van der Waals surface area contributed by atoms with E-state index in [1.807, 2.05) is 42.5 Å². The van der Waals surface area contributed by atoms with Crippen LogP contribution in [0.4, 0.5) is 5.69 Å². The van der Waals surface area contributed by atoms with Gasteiger partial charge in [-0.1, -0.05) is 32.9 Å². The van der Waals surface area contributed by atoms with Gasteiger partial charge in [0.05, 0.1) is 12.6 Å². The number of amides is 1. The summed E-state index contributed by atoms with van der Waals surface area (Å²) >= 11 is 0. The van der Waals surface area contributed by atoms with E-state index in [0.717, 1.165) is 25.1 Å². The zero-order valence-electron chi connectivity index (χ0n) is 18.2. The topological polar surface area (TPSA) is 81.2 Å². The Bertz CT molecular complexity index is 958. The van der Waals surface area contributed by atoms with Crippen molar-refractivity contribution in [2.24, 2.45) is 4.99 Å². The Hall–Kier alpha value is -3.06. The molecule has 7 nitrogen and oxygen atoms in total. The summed E-state index contributed by atoms with van der Waals surface area (Å²) in [4.78, 5) is 17.5. The summed E-state index contributed by atoms with van der Waals surface area (Å²) in [5, 5.41) is 6.10. The average Bonchev–Trinajstić information content (AvgIpc) is 3.43. The molecule has 2 N–H and O–H groups in total. The third kappa shape index (κ3) is 5.35. The molecule has 1 fully saturated rings. The van der Waals surface area contributed by atoms with E-state index in [1.54, 1.807) is 0 Å². The molecular formula is C24H29N3O4. The van der Waals surface area contributed by atoms with Crippen molar-refractivity contribution in [3.8, 4) is 11.5 Å². The van der Waals surface area contributed by atoms with Crippen molar-refractivity contribution in [3.63, 3.8) is 0 Å². The van der Waals surface area contributed by atoms with Crippen molar-refractivity contribution in [1.29, 1.82) is 0 Å². The first-order chi connectivity index (χ1) is 14.9. The van der Waals surface area contributed by atoms with E-state index in [4.69, 9.17) is 14.2 Å². The van der Waals surface area contributed by atoms with Gasteiger partial charge >= 0.3 is 0 Å². The van der Waals surface area contributed by atoms with Crippen LogP contribution in [-0.2, 0) is 10.2 Å². The van der Waals surface area contributed by atoms with Crippen molar-refractivity contribution in [3.05, 3.63) is 53.6 Å². The highest BCUT2D eigenvalue weighted by Crippen LogP contribution is 2.34. The lowest BCUT2D eigenvalue weighted by Gasteiger charge is -2.19. The highest BCUT2D eigenvalue weighted by atomic mass is 16.7. The van der Waals surface area contributed by atoms with Gasteiger partial charge in [-0.2, -0.15) is 0 Å². The van der Waals surface area contributed by atoms with Gasteiger partial charge in [0, 0.05) is 23.9 Å². The first kappa shape index (κ1) is 21.2. The minimum Gasteiger partial charge on any atom is -0.454 e. The molecule has 4 rings (SSSR count). The van der Waals surface area contributed by atoms with Gasteiger partial charge in [0.2, 0.25) is 12.8 Å². The van der Waals surface area contributed by atoms with Crippen LogP contribution in [0.15, 0.2) is 47.5 Å². The molecule has 0 spiro atoms. The summed E-state index contributed by atoms with van der Waals surface area (Å²) < 4.78 is 16.5. The van der Waals surface area contributed by atoms with Crippen LogP contribution in [-0.4, -0.2) is 37.9 Å². The maximum absolute atomic E-state index is 12.9. The predicted molar refractivity (Wildman–Crippen MR) is 120 cm³/mol. The van der Waals surface area contributed by atoms with E-state index < -0.39 is 0 Å². The lowest BCUT2D eigenvalue weighted by atomic mass is 9.87. The maximum atomic E-state index is 12.9. The SMILES string of the molecule is CC(C)(C)c1ccc(C(=O)NC(=NCC2CCCO2)Nc2ccc3c(c2)OCO3)cc1. The van der Waals surface area contributed by atoms with Crippen LogP contribution in [0.5, 0.6) is 11.5 Å². The van der Waals surface area contributed by atoms with Crippen LogP contribution in [0, 0.1) is 0 Å². The molecule has 1 saturated heterocycles. The van der Waals surface area contributed by atoms with Gasteiger partial charge in [-0.15, -0.1) is 0 Å². The molecule has 2 aromatic rings. The first-order valence-corrected chi connectivity index (χ1v) is 10.6. The quantitative estimate of drug-likeness (QED) is 0.572. The molecule has 2 aliphatic rings. The number of guanidine groups is 1. The zero-order valence-corrected chi connectivity index (χ0v) is 18.2. The summed E-state index contributed by atoms with van der Waals surface area (Å²) in [7, 11) is 0. The second kappa shape index (κ2) is 8.98. The van der Waals surface area contributed by atoms with E-state index in [1.165, 1.54) is 5.56 Å². The van der Waals surface area contributed by atoms with Crippen LogP contribution < -0.4 is 20.1 Å². The highest BCUT2D eigenvalue weighted by Gasteiger charge is 2.18. The Morgan fingerprint density at radius 3 is 2.58 bits per heavy atom. The Morgan fingerprint density at radius 2 is 1.87 bits per heavy atom. The Kier molecular flexibility index (Phi) is 6.13. The number of carbonyl (C=O) groups is 1. The van der Waals surface area contributed by atoms with Gasteiger partial charge in [0.1, 0.15) is 0 Å². The molecule has 0 saturated carbocycles. The monoisotopic (exact) mass is 423 g/mol. The molecular weight excluding hydrogens is 394 g/mol. The van der Waals surface area contributed by atoms with Crippen LogP contribution in [0.3, 0.4) is 0 Å². The minimum absolute atomic E-state index is 0.0316. The molecule has 2 aromatic carbocycles. The van der Waals surface area contributed by atoms with Gasteiger partial charge in [0.15, 0.2) is 11.5 Å². The van der Waals surface area contributed by atoms with Gasteiger partial charge in [0.25, 0.3) is 5.91 Å². The Morgan fingerprint density at radius 1 is 1.10 bits per heavy atom. The molecule has 7 heteroatoms. The fraction of sp³-hybridized carbons (Fsp3) is 0.417. The zero-order chi connectivity index (χ0) is 21.8. The number of carbonyl (C=O) groups excluding carboxylic acids is 1. The standard InChI is InChI=1S/C24H29N3O4/c1-24(2,3)17-8-6-16(7-9-17)22(28)27-23(25-14-19-5-4-12-29-19)26-18-10-11-20-21(13-18)31-15-30-20/h6-11,13,19H,4-5,12,14-15H2,1-3H3,(H2,25,26,27,28). The van der Waals surface area contributed by atoms with Crippen LogP contribution in [0.1, 0.15) is 49.5 Å². The van der Waals surface area contributed by atoms with E-state index in [9.17, 15) is 4.79 Å². The number of hydrogen-bond donors (Lipinski definition) is 2. The average molecular weight is 424 g/mol. The minimum atomic E-state index is -0.222. The highest BCUT2D eigenvalue weighted by molar-refractivity contribution is 6.10. The summed E-state index contributed by atoms with van der Waals surface area (Å²) in [5.41, 5.74) is 2.53. The molecule has 0 radical (unpaired) electrons. The fourth-order valence-corrected chi connectivity index (χ4v) is 3.50. The number of aliphatic imine (C=N–C) groups is 1. The predicted octanol–water partition coefficient (Wildman–Crippen LogP) is 4.09. The molecule has 1 atom stereocenters. The van der Waals surface area contributed by atoms with Crippen molar-refractivity contribution in [2.75, 3.05) is 25.3 Å². The molecule has 164 valence electrons. The number of nitrogens with one attached hydrogen (secondary N) is 2. The third-order valence-corrected chi connectivity index (χ3v) is 5.36. The number of ether oxygens (including phenoxy) is 3. The lowest BCUT2D eigenvalue weighted by Crippen LogP contribution is -2.36. The van der Waals surface area contributed by atoms with Crippen LogP contribution in [0.2, 0.25) is 0 Å². The second-order valence-corrected chi connectivity index (χ2v) is 8.80. The smallest absolute Gasteiger partial charge is 0.257 e. The van der Waals surface area contributed by atoms with Crippen LogP contribution >= 0.6 is 0 Å². The van der Waals surface area contributed by atoms with Gasteiger partial charge < -0.3 is 19.5 Å². The number of nitrogens with zero attached hydrogens (tertiary/aromatic N) is 1. The number of benzene rings is 2. The van der Waals surface area contributed by atoms with E-state index in [0.29, 0.717) is 29.6 Å². The summed E-state index contributed by atoms with van der Waals surface area (Å²) in [6.07, 6.45) is 2.09. The van der Waals surface area contributed by atoms with Crippen molar-refractivity contribution < 1.29 is 19.0 Å². The number of rotatable bonds is 4. The van der Waals surface area contributed by atoms with Crippen molar-refractivity contribution in [1.82, 2.24) is 5.32 Å². The molecule has 2 aliphatic heterocycles. The molecule has 31 heavy (non-hydrogen) atoms. The molecule has 1 unspecified atom stereocenters. The summed E-state index contributed by atoms with van der Waals surface area (Å²) in [6.45, 7) is 7.89. The van der Waals surface area contributed by atoms with Crippen molar-refractivity contribution >= 4 is 17.6 Å². The van der Waals surface area contributed by atoms with Crippen LogP contribution in [0.25, 0.3) is 0 Å². The fourth-order valence-electron chi connectivity index (χ4n) is 3.50.